The summed E-state index contributed by atoms with van der Waals surface area (Å²) in [4.78, 5) is 21.4. The van der Waals surface area contributed by atoms with Gasteiger partial charge in [0.2, 0.25) is 5.91 Å². The number of rotatable bonds is 4. The van der Waals surface area contributed by atoms with Crippen LogP contribution in [0.5, 0.6) is 0 Å². The molecule has 0 bridgehead atoms. The van der Waals surface area contributed by atoms with Crippen molar-refractivity contribution in [3.63, 3.8) is 0 Å². The average Bonchev–Trinajstić information content (AvgIpc) is 3.15. The van der Waals surface area contributed by atoms with Crippen LogP contribution in [0.3, 0.4) is 0 Å². The second kappa shape index (κ2) is 6.68. The Kier molecular flexibility index (Phi) is 4.68. The van der Waals surface area contributed by atoms with Gasteiger partial charge in [0.05, 0.1) is 6.04 Å². The molecule has 3 heterocycles. The molecule has 0 unspecified atom stereocenters. The molecule has 2 fully saturated rings. The van der Waals surface area contributed by atoms with Gasteiger partial charge in [-0.2, -0.15) is 0 Å². The minimum atomic E-state index is 0.240. The normalized spacial score (nSPS) is 24.2. The number of aromatic nitrogens is 1. The number of hydrogen-bond acceptors (Lipinski definition) is 4. The molecule has 1 amide bonds. The van der Waals surface area contributed by atoms with E-state index in [2.05, 4.69) is 14.8 Å². The molecule has 0 aliphatic carbocycles. The first-order valence-electron chi connectivity index (χ1n) is 7.76. The number of carbonyl (C=O) groups is 1. The number of nitrogens with zero attached hydrogens (tertiary/aromatic N) is 3. The first-order chi connectivity index (χ1) is 9.84. The summed E-state index contributed by atoms with van der Waals surface area (Å²) < 4.78 is 0. The number of likely N-dealkylation sites (tertiary alicyclic amines) is 2. The fourth-order valence-electron chi connectivity index (χ4n) is 3.30. The second-order valence-corrected chi connectivity index (χ2v) is 6.69. The van der Waals surface area contributed by atoms with Crippen molar-refractivity contribution in [3.05, 3.63) is 16.6 Å². The molecule has 20 heavy (non-hydrogen) atoms. The zero-order valence-corrected chi connectivity index (χ0v) is 12.8. The largest absolute Gasteiger partial charge is 0.333 e. The van der Waals surface area contributed by atoms with Gasteiger partial charge >= 0.3 is 0 Å². The van der Waals surface area contributed by atoms with Crippen LogP contribution in [-0.2, 0) is 4.79 Å². The Hall–Kier alpha value is -0.940. The quantitative estimate of drug-likeness (QED) is 0.856. The Morgan fingerprint density at radius 3 is 2.85 bits per heavy atom. The summed E-state index contributed by atoms with van der Waals surface area (Å²) in [6.07, 6.45) is 8.63. The van der Waals surface area contributed by atoms with E-state index in [1.54, 1.807) is 11.3 Å². The summed E-state index contributed by atoms with van der Waals surface area (Å²) in [6.45, 7) is 4.18. The van der Waals surface area contributed by atoms with E-state index in [1.807, 2.05) is 11.6 Å². The van der Waals surface area contributed by atoms with Crippen molar-refractivity contribution in [2.24, 2.45) is 0 Å². The summed E-state index contributed by atoms with van der Waals surface area (Å²) >= 11 is 1.67. The molecule has 0 radical (unpaired) electrons. The maximum absolute atomic E-state index is 12.5. The molecule has 110 valence electrons. The van der Waals surface area contributed by atoms with Crippen LogP contribution in [0.25, 0.3) is 0 Å². The van der Waals surface area contributed by atoms with E-state index in [-0.39, 0.29) is 6.04 Å². The van der Waals surface area contributed by atoms with E-state index in [4.69, 9.17) is 0 Å². The van der Waals surface area contributed by atoms with Crippen molar-refractivity contribution in [2.75, 3.05) is 26.2 Å². The van der Waals surface area contributed by atoms with E-state index in [0.717, 1.165) is 30.9 Å². The van der Waals surface area contributed by atoms with Gasteiger partial charge in [-0.1, -0.05) is 6.42 Å². The van der Waals surface area contributed by atoms with E-state index >= 15 is 0 Å². The van der Waals surface area contributed by atoms with Crippen molar-refractivity contribution >= 4 is 17.2 Å². The Labute approximate surface area is 124 Å². The molecule has 1 atom stereocenters. The third-order valence-corrected chi connectivity index (χ3v) is 5.28. The van der Waals surface area contributed by atoms with Crippen LogP contribution in [0.2, 0.25) is 0 Å². The molecule has 1 aromatic heterocycles. The molecular weight excluding hydrogens is 270 g/mol. The summed E-state index contributed by atoms with van der Waals surface area (Å²) in [6, 6.07) is 0.240. The smallest absolute Gasteiger partial charge is 0.224 e. The van der Waals surface area contributed by atoms with Crippen LogP contribution in [0.4, 0.5) is 0 Å². The van der Waals surface area contributed by atoms with Crippen LogP contribution in [0.1, 0.15) is 49.6 Å². The molecular formula is C15H23N3OS. The lowest BCUT2D eigenvalue weighted by Crippen LogP contribution is -2.36. The monoisotopic (exact) mass is 293 g/mol. The Bertz CT molecular complexity index is 428. The molecule has 0 N–H and O–H groups in total. The number of hydrogen-bond donors (Lipinski definition) is 0. The van der Waals surface area contributed by atoms with E-state index < -0.39 is 0 Å². The van der Waals surface area contributed by atoms with Gasteiger partial charge in [0.25, 0.3) is 0 Å². The highest BCUT2D eigenvalue weighted by atomic mass is 32.1. The maximum atomic E-state index is 12.5. The highest BCUT2D eigenvalue weighted by molar-refractivity contribution is 7.09. The molecule has 4 nitrogen and oxygen atoms in total. The van der Waals surface area contributed by atoms with Crippen LogP contribution < -0.4 is 0 Å². The van der Waals surface area contributed by atoms with Crippen molar-refractivity contribution in [1.82, 2.24) is 14.8 Å². The van der Waals surface area contributed by atoms with Crippen LogP contribution in [0.15, 0.2) is 11.6 Å². The zero-order chi connectivity index (χ0) is 13.8. The fraction of sp³-hybridized carbons (Fsp3) is 0.733. The van der Waals surface area contributed by atoms with Crippen molar-refractivity contribution in [2.45, 2.75) is 44.6 Å². The van der Waals surface area contributed by atoms with Gasteiger partial charge in [-0.25, -0.2) is 4.98 Å². The first kappa shape index (κ1) is 14.0. The number of piperidine rings is 1. The summed E-state index contributed by atoms with van der Waals surface area (Å²) in [5.74, 6) is 0.313. The second-order valence-electron chi connectivity index (χ2n) is 5.77. The van der Waals surface area contributed by atoms with Crippen LogP contribution in [-0.4, -0.2) is 46.9 Å². The highest BCUT2D eigenvalue weighted by Gasteiger charge is 2.31. The molecule has 0 spiro atoms. The fourth-order valence-corrected chi connectivity index (χ4v) is 4.09. The average molecular weight is 293 g/mol. The van der Waals surface area contributed by atoms with Crippen molar-refractivity contribution in [1.29, 1.82) is 0 Å². The van der Waals surface area contributed by atoms with E-state index in [0.29, 0.717) is 12.3 Å². The molecule has 2 aliphatic rings. The topological polar surface area (TPSA) is 36.4 Å². The first-order valence-corrected chi connectivity index (χ1v) is 8.64. The standard InChI is InChI=1S/C15H23N3OS/c19-14(6-11-17-8-2-1-3-9-17)18-10-4-5-13(18)15-16-7-12-20-15/h7,12-13H,1-6,8-11H2/t13-/m1/s1. The molecule has 0 aromatic carbocycles. The predicted molar refractivity (Wildman–Crippen MR) is 80.7 cm³/mol. The van der Waals surface area contributed by atoms with Gasteiger partial charge in [-0.05, 0) is 38.8 Å². The van der Waals surface area contributed by atoms with Crippen LogP contribution in [0, 0.1) is 0 Å². The Balaban J connectivity index is 1.53. The minimum Gasteiger partial charge on any atom is -0.333 e. The van der Waals surface area contributed by atoms with Gasteiger partial charge < -0.3 is 9.80 Å². The molecule has 2 aliphatic heterocycles. The summed E-state index contributed by atoms with van der Waals surface area (Å²) in [5.41, 5.74) is 0. The minimum absolute atomic E-state index is 0.240. The van der Waals surface area contributed by atoms with Gasteiger partial charge in [0.1, 0.15) is 5.01 Å². The van der Waals surface area contributed by atoms with E-state index in [9.17, 15) is 4.79 Å². The third kappa shape index (κ3) is 3.20. The zero-order valence-electron chi connectivity index (χ0n) is 12.0. The van der Waals surface area contributed by atoms with Gasteiger partial charge in [0, 0.05) is 31.1 Å². The number of amides is 1. The van der Waals surface area contributed by atoms with Crippen molar-refractivity contribution < 1.29 is 4.79 Å². The lowest BCUT2D eigenvalue weighted by molar-refractivity contribution is -0.132. The van der Waals surface area contributed by atoms with Gasteiger partial charge in [-0.15, -0.1) is 11.3 Å². The summed E-state index contributed by atoms with van der Waals surface area (Å²) in [5, 5.41) is 3.11. The highest BCUT2D eigenvalue weighted by Crippen LogP contribution is 2.33. The molecule has 2 saturated heterocycles. The van der Waals surface area contributed by atoms with Crippen LogP contribution >= 0.6 is 11.3 Å². The third-order valence-electron chi connectivity index (χ3n) is 4.40. The Morgan fingerprint density at radius 1 is 1.25 bits per heavy atom. The maximum Gasteiger partial charge on any atom is 0.224 e. The SMILES string of the molecule is O=C(CCN1CCCCC1)N1CCC[C@@H]1c1nccs1. The lowest BCUT2D eigenvalue weighted by atomic mass is 10.1. The molecule has 5 heteroatoms. The Morgan fingerprint density at radius 2 is 2.10 bits per heavy atom. The number of carbonyl (C=O) groups excluding carboxylic acids is 1. The van der Waals surface area contributed by atoms with Gasteiger partial charge in [0.15, 0.2) is 0 Å². The molecule has 1 aromatic rings. The summed E-state index contributed by atoms with van der Waals surface area (Å²) in [7, 11) is 0. The van der Waals surface area contributed by atoms with E-state index in [1.165, 1.54) is 32.4 Å². The molecule has 0 saturated carbocycles. The van der Waals surface area contributed by atoms with Crippen molar-refractivity contribution in [3.8, 4) is 0 Å². The van der Waals surface area contributed by atoms with Gasteiger partial charge in [-0.3, -0.25) is 4.79 Å². The lowest BCUT2D eigenvalue weighted by Gasteiger charge is -2.28. The molecule has 3 rings (SSSR count). The number of thiazole rings is 1. The predicted octanol–water partition coefficient (Wildman–Crippen LogP) is 2.68.